The Kier molecular flexibility index (Phi) is 5.39. The third kappa shape index (κ3) is 4.13. The van der Waals surface area contributed by atoms with Crippen molar-refractivity contribution in [2.45, 2.75) is 40.2 Å². The molecule has 0 heterocycles. The summed E-state index contributed by atoms with van der Waals surface area (Å²) >= 11 is 3.45. The fourth-order valence-electron chi connectivity index (χ4n) is 1.89. The van der Waals surface area contributed by atoms with Crippen LogP contribution in [-0.2, 0) is 0 Å². The van der Waals surface area contributed by atoms with Gasteiger partial charge in [0.2, 0.25) is 0 Å². The lowest BCUT2D eigenvalue weighted by Gasteiger charge is -2.31. The van der Waals surface area contributed by atoms with E-state index in [0.717, 1.165) is 22.9 Å². The van der Waals surface area contributed by atoms with E-state index in [0.29, 0.717) is 0 Å². The van der Waals surface area contributed by atoms with Crippen molar-refractivity contribution in [1.29, 1.82) is 0 Å². The molecule has 1 rings (SSSR count). The van der Waals surface area contributed by atoms with Crippen LogP contribution in [0.25, 0.3) is 0 Å². The molecule has 0 aliphatic carbocycles. The Morgan fingerprint density at radius 1 is 1.33 bits per heavy atom. The van der Waals surface area contributed by atoms with Crippen LogP contribution < -0.4 is 5.32 Å². The molecule has 3 heteroatoms. The lowest BCUT2D eigenvalue weighted by molar-refractivity contribution is 0.0900. The maximum atomic E-state index is 12.3. The Hall–Kier alpha value is -0.830. The lowest BCUT2D eigenvalue weighted by atomic mass is 9.85. The summed E-state index contributed by atoms with van der Waals surface area (Å²) in [5, 5.41) is 4.04. The molecule has 0 saturated heterocycles. The number of hydrogen-bond donors (Lipinski definition) is 1. The molecule has 0 radical (unpaired) electrons. The van der Waals surface area contributed by atoms with Gasteiger partial charge in [0.15, 0.2) is 0 Å². The standard InChI is InChI=1S/C15H22BrNO/c1-11-7-5-6-8-12(11)14(18)17-13(9-10-16)15(2,3)4/h5-8,13H,9-10H2,1-4H3,(H,17,18). The van der Waals surface area contributed by atoms with Crippen molar-refractivity contribution in [1.82, 2.24) is 5.32 Å². The molecule has 0 aliphatic rings. The van der Waals surface area contributed by atoms with Crippen molar-refractivity contribution in [2.75, 3.05) is 5.33 Å². The van der Waals surface area contributed by atoms with E-state index in [1.54, 1.807) is 0 Å². The van der Waals surface area contributed by atoms with Gasteiger partial charge in [-0.05, 0) is 30.4 Å². The second-order valence-electron chi connectivity index (χ2n) is 5.68. The van der Waals surface area contributed by atoms with Crippen molar-refractivity contribution in [3.63, 3.8) is 0 Å². The summed E-state index contributed by atoms with van der Waals surface area (Å²) < 4.78 is 0. The first-order valence-corrected chi connectivity index (χ1v) is 7.41. The summed E-state index contributed by atoms with van der Waals surface area (Å²) in [6.45, 7) is 8.42. The van der Waals surface area contributed by atoms with Gasteiger partial charge in [-0.1, -0.05) is 54.9 Å². The lowest BCUT2D eigenvalue weighted by Crippen LogP contribution is -2.44. The molecule has 0 spiro atoms. The van der Waals surface area contributed by atoms with E-state index < -0.39 is 0 Å². The third-order valence-electron chi connectivity index (χ3n) is 3.14. The highest BCUT2D eigenvalue weighted by atomic mass is 79.9. The zero-order valence-electron chi connectivity index (χ0n) is 11.6. The monoisotopic (exact) mass is 311 g/mol. The topological polar surface area (TPSA) is 29.1 Å². The number of aryl methyl sites for hydroxylation is 1. The van der Waals surface area contributed by atoms with Crippen molar-refractivity contribution in [2.24, 2.45) is 5.41 Å². The molecule has 1 atom stereocenters. The summed E-state index contributed by atoms with van der Waals surface area (Å²) in [6, 6.07) is 7.86. The van der Waals surface area contributed by atoms with E-state index in [1.165, 1.54) is 0 Å². The highest BCUT2D eigenvalue weighted by Gasteiger charge is 2.26. The summed E-state index contributed by atoms with van der Waals surface area (Å²) in [5.74, 6) is 0.0222. The summed E-state index contributed by atoms with van der Waals surface area (Å²) in [7, 11) is 0. The van der Waals surface area contributed by atoms with Gasteiger partial charge in [0.05, 0.1) is 0 Å². The molecule has 18 heavy (non-hydrogen) atoms. The Labute approximate surface area is 118 Å². The van der Waals surface area contributed by atoms with Crippen LogP contribution in [0.3, 0.4) is 0 Å². The van der Waals surface area contributed by atoms with Crippen LogP contribution in [0, 0.1) is 12.3 Å². The molecular weight excluding hydrogens is 290 g/mol. The third-order valence-corrected chi connectivity index (χ3v) is 3.60. The number of carbonyl (C=O) groups is 1. The first kappa shape index (κ1) is 15.2. The second kappa shape index (κ2) is 6.37. The molecule has 0 bridgehead atoms. The number of benzene rings is 1. The zero-order chi connectivity index (χ0) is 13.8. The largest absolute Gasteiger partial charge is 0.349 e. The normalized spacial score (nSPS) is 13.2. The fraction of sp³-hybridized carbons (Fsp3) is 0.533. The van der Waals surface area contributed by atoms with Crippen LogP contribution in [-0.4, -0.2) is 17.3 Å². The van der Waals surface area contributed by atoms with Crippen molar-refractivity contribution in [3.8, 4) is 0 Å². The molecule has 1 amide bonds. The van der Waals surface area contributed by atoms with E-state index in [4.69, 9.17) is 0 Å². The minimum atomic E-state index is 0.0222. The first-order valence-electron chi connectivity index (χ1n) is 6.28. The number of nitrogens with one attached hydrogen (secondary N) is 1. The van der Waals surface area contributed by atoms with Crippen LogP contribution in [0.1, 0.15) is 43.1 Å². The number of halogens is 1. The highest BCUT2D eigenvalue weighted by molar-refractivity contribution is 9.09. The predicted molar refractivity (Wildman–Crippen MR) is 80.3 cm³/mol. The molecular formula is C15H22BrNO. The number of carbonyl (C=O) groups excluding carboxylic acids is 1. The number of rotatable bonds is 4. The van der Waals surface area contributed by atoms with Crippen LogP contribution >= 0.6 is 15.9 Å². The Bertz CT molecular complexity index is 409. The van der Waals surface area contributed by atoms with Gasteiger partial charge in [-0.2, -0.15) is 0 Å². The molecule has 0 fully saturated rings. The van der Waals surface area contributed by atoms with Gasteiger partial charge in [0.25, 0.3) is 5.91 Å². The van der Waals surface area contributed by atoms with E-state index in [1.807, 2.05) is 31.2 Å². The highest BCUT2D eigenvalue weighted by Crippen LogP contribution is 2.23. The Morgan fingerprint density at radius 2 is 1.94 bits per heavy atom. The van der Waals surface area contributed by atoms with E-state index >= 15 is 0 Å². The molecule has 1 aromatic carbocycles. The maximum absolute atomic E-state index is 12.3. The Morgan fingerprint density at radius 3 is 2.44 bits per heavy atom. The van der Waals surface area contributed by atoms with E-state index in [-0.39, 0.29) is 17.4 Å². The van der Waals surface area contributed by atoms with Gasteiger partial charge >= 0.3 is 0 Å². The zero-order valence-corrected chi connectivity index (χ0v) is 13.2. The molecule has 1 N–H and O–H groups in total. The minimum Gasteiger partial charge on any atom is -0.349 e. The molecule has 0 saturated carbocycles. The number of amides is 1. The summed E-state index contributed by atoms with van der Waals surface area (Å²) in [6.07, 6.45) is 0.932. The summed E-state index contributed by atoms with van der Waals surface area (Å²) in [5.41, 5.74) is 1.84. The first-order chi connectivity index (χ1) is 8.36. The Balaban J connectivity index is 2.82. The van der Waals surface area contributed by atoms with Gasteiger partial charge in [0, 0.05) is 16.9 Å². The minimum absolute atomic E-state index is 0.0222. The average Bonchev–Trinajstić information content (AvgIpc) is 2.27. The van der Waals surface area contributed by atoms with Gasteiger partial charge < -0.3 is 5.32 Å². The van der Waals surface area contributed by atoms with Crippen molar-refractivity contribution in [3.05, 3.63) is 35.4 Å². The molecule has 100 valence electrons. The van der Waals surface area contributed by atoms with Gasteiger partial charge in [-0.15, -0.1) is 0 Å². The smallest absolute Gasteiger partial charge is 0.251 e. The van der Waals surface area contributed by atoms with E-state index in [2.05, 4.69) is 42.0 Å². The number of alkyl halides is 1. The SMILES string of the molecule is Cc1ccccc1C(=O)NC(CCBr)C(C)(C)C. The average molecular weight is 312 g/mol. The van der Waals surface area contributed by atoms with Gasteiger partial charge in [-0.25, -0.2) is 0 Å². The van der Waals surface area contributed by atoms with Crippen LogP contribution in [0.15, 0.2) is 24.3 Å². The molecule has 0 aromatic heterocycles. The van der Waals surface area contributed by atoms with Crippen LogP contribution in [0.2, 0.25) is 0 Å². The molecule has 2 nitrogen and oxygen atoms in total. The number of hydrogen-bond acceptors (Lipinski definition) is 1. The molecule has 1 unspecified atom stereocenters. The quantitative estimate of drug-likeness (QED) is 0.839. The molecule has 0 aliphatic heterocycles. The predicted octanol–water partition coefficient (Wildman–Crippen LogP) is 3.92. The maximum Gasteiger partial charge on any atom is 0.251 e. The molecule has 1 aromatic rings. The van der Waals surface area contributed by atoms with Crippen LogP contribution in [0.4, 0.5) is 0 Å². The second-order valence-corrected chi connectivity index (χ2v) is 6.48. The van der Waals surface area contributed by atoms with Gasteiger partial charge in [0.1, 0.15) is 0 Å². The summed E-state index contributed by atoms with van der Waals surface area (Å²) in [4.78, 5) is 12.3. The van der Waals surface area contributed by atoms with Crippen molar-refractivity contribution < 1.29 is 4.79 Å². The van der Waals surface area contributed by atoms with Gasteiger partial charge in [-0.3, -0.25) is 4.79 Å². The van der Waals surface area contributed by atoms with Crippen molar-refractivity contribution >= 4 is 21.8 Å². The fourth-order valence-corrected chi connectivity index (χ4v) is 2.35. The van der Waals surface area contributed by atoms with E-state index in [9.17, 15) is 4.79 Å². The van der Waals surface area contributed by atoms with Crippen LogP contribution in [0.5, 0.6) is 0 Å².